The second-order valence-corrected chi connectivity index (χ2v) is 5.20. The lowest BCUT2D eigenvalue weighted by Gasteiger charge is -2.36. The summed E-state index contributed by atoms with van der Waals surface area (Å²) in [5, 5.41) is 0. The molecule has 0 aliphatic carbocycles. The van der Waals surface area contributed by atoms with Gasteiger partial charge in [-0.2, -0.15) is 0 Å². The van der Waals surface area contributed by atoms with Gasteiger partial charge in [0.1, 0.15) is 0 Å². The Balaban J connectivity index is 2.34. The summed E-state index contributed by atoms with van der Waals surface area (Å²) in [6, 6.07) is 0. The van der Waals surface area contributed by atoms with E-state index in [4.69, 9.17) is 4.74 Å². The predicted octanol–water partition coefficient (Wildman–Crippen LogP) is 2.14. The smallest absolute Gasteiger partial charge is 0.0700 e. The fraction of sp³-hybridized carbons (Fsp3) is 1.00. The molecule has 0 amide bonds. The van der Waals surface area contributed by atoms with Gasteiger partial charge in [-0.25, -0.2) is 0 Å². The van der Waals surface area contributed by atoms with Crippen LogP contribution in [0.3, 0.4) is 0 Å². The van der Waals surface area contributed by atoms with Crippen LogP contribution >= 0.6 is 0 Å². The van der Waals surface area contributed by atoms with E-state index in [1.165, 1.54) is 6.54 Å². The highest BCUT2D eigenvalue weighted by Gasteiger charge is 2.22. The molecular weight excluding hydrogens is 162 g/mol. The quantitative estimate of drug-likeness (QED) is 0.653. The fourth-order valence-electron chi connectivity index (χ4n) is 1.84. The van der Waals surface area contributed by atoms with Crippen molar-refractivity contribution in [1.29, 1.82) is 0 Å². The number of ether oxygens (including phenoxy) is 1. The molecule has 13 heavy (non-hydrogen) atoms. The molecule has 0 aromatic carbocycles. The van der Waals surface area contributed by atoms with E-state index in [0.29, 0.717) is 11.5 Å². The molecule has 1 fully saturated rings. The molecule has 2 nitrogen and oxygen atoms in total. The summed E-state index contributed by atoms with van der Waals surface area (Å²) < 4.78 is 5.63. The van der Waals surface area contributed by atoms with E-state index >= 15 is 0 Å². The number of rotatable bonds is 2. The van der Waals surface area contributed by atoms with Gasteiger partial charge in [-0.1, -0.05) is 27.7 Å². The molecule has 1 aliphatic rings. The molecule has 0 N–H and O–H groups in total. The van der Waals surface area contributed by atoms with E-state index in [9.17, 15) is 0 Å². The van der Waals surface area contributed by atoms with Gasteiger partial charge in [0, 0.05) is 19.6 Å². The van der Waals surface area contributed by atoms with E-state index < -0.39 is 0 Å². The molecule has 78 valence electrons. The van der Waals surface area contributed by atoms with Crippen LogP contribution in [-0.2, 0) is 4.74 Å². The first-order chi connectivity index (χ1) is 6.01. The van der Waals surface area contributed by atoms with Crippen molar-refractivity contribution >= 4 is 0 Å². The van der Waals surface area contributed by atoms with Gasteiger partial charge < -0.3 is 4.74 Å². The standard InChI is InChI=1S/C11H23NO/c1-5-10-8-12(6-7-13-10)9-11(2,3)4/h10H,5-9H2,1-4H3. The molecule has 0 aromatic rings. The molecule has 0 radical (unpaired) electrons. The van der Waals surface area contributed by atoms with Gasteiger partial charge in [0.2, 0.25) is 0 Å². The van der Waals surface area contributed by atoms with Crippen LogP contribution in [0.5, 0.6) is 0 Å². The Labute approximate surface area is 82.3 Å². The molecule has 0 saturated carbocycles. The summed E-state index contributed by atoms with van der Waals surface area (Å²) in [4.78, 5) is 2.53. The van der Waals surface area contributed by atoms with Crippen LogP contribution in [0.15, 0.2) is 0 Å². The lowest BCUT2D eigenvalue weighted by atomic mass is 9.95. The first-order valence-electron chi connectivity index (χ1n) is 5.35. The Morgan fingerprint density at radius 1 is 1.38 bits per heavy atom. The van der Waals surface area contributed by atoms with E-state index in [-0.39, 0.29) is 0 Å². The maximum Gasteiger partial charge on any atom is 0.0700 e. The Morgan fingerprint density at radius 2 is 2.08 bits per heavy atom. The molecule has 1 atom stereocenters. The molecule has 1 saturated heterocycles. The van der Waals surface area contributed by atoms with Crippen LogP contribution in [0.4, 0.5) is 0 Å². The molecule has 1 heterocycles. The van der Waals surface area contributed by atoms with Crippen molar-refractivity contribution in [3.63, 3.8) is 0 Å². The Kier molecular flexibility index (Phi) is 3.74. The maximum atomic E-state index is 5.63. The summed E-state index contributed by atoms with van der Waals surface area (Å²) in [7, 11) is 0. The zero-order chi connectivity index (χ0) is 9.90. The second-order valence-electron chi connectivity index (χ2n) is 5.20. The van der Waals surface area contributed by atoms with Crippen molar-refractivity contribution in [3.05, 3.63) is 0 Å². The summed E-state index contributed by atoms with van der Waals surface area (Å²) in [5.74, 6) is 0. The number of hydrogen-bond acceptors (Lipinski definition) is 2. The largest absolute Gasteiger partial charge is 0.376 e. The summed E-state index contributed by atoms with van der Waals surface area (Å²) in [5.41, 5.74) is 0.412. The minimum absolute atomic E-state index is 0.412. The van der Waals surface area contributed by atoms with Gasteiger partial charge in [-0.05, 0) is 11.8 Å². The number of hydrogen-bond donors (Lipinski definition) is 0. The highest BCUT2D eigenvalue weighted by molar-refractivity contribution is 4.75. The predicted molar refractivity (Wildman–Crippen MR) is 55.9 cm³/mol. The van der Waals surface area contributed by atoms with E-state index in [0.717, 1.165) is 26.1 Å². The van der Waals surface area contributed by atoms with Crippen LogP contribution in [-0.4, -0.2) is 37.2 Å². The Morgan fingerprint density at radius 3 is 2.62 bits per heavy atom. The monoisotopic (exact) mass is 185 g/mol. The summed E-state index contributed by atoms with van der Waals surface area (Å²) in [6.07, 6.45) is 1.61. The van der Waals surface area contributed by atoms with Crippen molar-refractivity contribution in [2.45, 2.75) is 40.2 Å². The zero-order valence-electron chi connectivity index (χ0n) is 9.47. The minimum Gasteiger partial charge on any atom is -0.376 e. The van der Waals surface area contributed by atoms with Crippen molar-refractivity contribution in [2.24, 2.45) is 5.41 Å². The average Bonchev–Trinajstić information content (AvgIpc) is 2.01. The third-order valence-corrected chi connectivity index (χ3v) is 2.38. The van der Waals surface area contributed by atoms with Gasteiger partial charge in [0.15, 0.2) is 0 Å². The van der Waals surface area contributed by atoms with E-state index in [1.54, 1.807) is 0 Å². The van der Waals surface area contributed by atoms with Crippen LogP contribution < -0.4 is 0 Å². The van der Waals surface area contributed by atoms with Gasteiger partial charge in [0.05, 0.1) is 12.7 Å². The molecule has 1 aliphatic heterocycles. The maximum absolute atomic E-state index is 5.63. The van der Waals surface area contributed by atoms with Crippen LogP contribution in [0.1, 0.15) is 34.1 Å². The van der Waals surface area contributed by atoms with Crippen LogP contribution in [0.25, 0.3) is 0 Å². The van der Waals surface area contributed by atoms with E-state index in [1.807, 2.05) is 0 Å². The minimum atomic E-state index is 0.412. The topological polar surface area (TPSA) is 12.5 Å². The third kappa shape index (κ3) is 4.10. The molecule has 0 aromatic heterocycles. The molecule has 2 heteroatoms. The molecule has 0 spiro atoms. The van der Waals surface area contributed by atoms with Gasteiger partial charge in [-0.15, -0.1) is 0 Å². The Bertz CT molecular complexity index is 151. The van der Waals surface area contributed by atoms with E-state index in [2.05, 4.69) is 32.6 Å². The average molecular weight is 185 g/mol. The summed E-state index contributed by atoms with van der Waals surface area (Å²) >= 11 is 0. The summed E-state index contributed by atoms with van der Waals surface area (Å²) in [6.45, 7) is 13.4. The van der Waals surface area contributed by atoms with Gasteiger partial charge in [-0.3, -0.25) is 4.90 Å². The van der Waals surface area contributed by atoms with Gasteiger partial charge >= 0.3 is 0 Å². The van der Waals surface area contributed by atoms with Crippen LogP contribution in [0, 0.1) is 5.41 Å². The highest BCUT2D eigenvalue weighted by Crippen LogP contribution is 2.17. The lowest BCUT2D eigenvalue weighted by Crippen LogP contribution is -2.45. The van der Waals surface area contributed by atoms with Crippen molar-refractivity contribution in [1.82, 2.24) is 4.90 Å². The third-order valence-electron chi connectivity index (χ3n) is 2.38. The van der Waals surface area contributed by atoms with Crippen molar-refractivity contribution in [2.75, 3.05) is 26.2 Å². The fourth-order valence-corrected chi connectivity index (χ4v) is 1.84. The molecule has 1 rings (SSSR count). The Hall–Kier alpha value is -0.0800. The van der Waals surface area contributed by atoms with Gasteiger partial charge in [0.25, 0.3) is 0 Å². The van der Waals surface area contributed by atoms with Crippen molar-refractivity contribution < 1.29 is 4.74 Å². The van der Waals surface area contributed by atoms with Crippen LogP contribution in [0.2, 0.25) is 0 Å². The lowest BCUT2D eigenvalue weighted by molar-refractivity contribution is -0.0382. The molecule has 0 bridgehead atoms. The van der Waals surface area contributed by atoms with Crippen molar-refractivity contribution in [3.8, 4) is 0 Å². The SMILES string of the molecule is CCC1CN(CC(C)(C)C)CCO1. The zero-order valence-corrected chi connectivity index (χ0v) is 9.47. The first kappa shape index (κ1) is 11.0. The number of nitrogens with zero attached hydrogens (tertiary/aromatic N) is 1. The molecular formula is C11H23NO. The molecule has 1 unspecified atom stereocenters. The normalized spacial score (nSPS) is 26.3. The highest BCUT2D eigenvalue weighted by atomic mass is 16.5. The first-order valence-corrected chi connectivity index (χ1v) is 5.35. The number of morpholine rings is 1. The second kappa shape index (κ2) is 4.43.